The van der Waals surface area contributed by atoms with E-state index in [9.17, 15) is 9.59 Å². The van der Waals surface area contributed by atoms with Gasteiger partial charge in [-0.3, -0.25) is 14.7 Å². The van der Waals surface area contributed by atoms with Gasteiger partial charge in [-0.05, 0) is 46.0 Å². The molecule has 1 aromatic heterocycles. The molecule has 0 saturated carbocycles. The van der Waals surface area contributed by atoms with Gasteiger partial charge in [0.05, 0.1) is 17.5 Å². The highest BCUT2D eigenvalue weighted by atomic mass is 16.2. The summed E-state index contributed by atoms with van der Waals surface area (Å²) < 4.78 is 0. The van der Waals surface area contributed by atoms with Crippen LogP contribution >= 0.6 is 0 Å². The maximum Gasteiger partial charge on any atom is 0.257 e. The van der Waals surface area contributed by atoms with Crippen LogP contribution in [0.25, 0.3) is 0 Å². The normalized spacial score (nSPS) is 25.0. The van der Waals surface area contributed by atoms with E-state index in [0.717, 1.165) is 50.0 Å². The minimum atomic E-state index is 0.0397. The molecule has 0 aromatic carbocycles. The van der Waals surface area contributed by atoms with E-state index in [0.29, 0.717) is 0 Å². The highest BCUT2D eigenvalue weighted by Crippen LogP contribution is 2.32. The zero-order chi connectivity index (χ0) is 18.8. The van der Waals surface area contributed by atoms with Gasteiger partial charge in [0.25, 0.3) is 5.91 Å². The Morgan fingerprint density at radius 2 is 1.73 bits per heavy atom. The summed E-state index contributed by atoms with van der Waals surface area (Å²) in [5.41, 5.74) is 1.68. The molecule has 0 bridgehead atoms. The molecular weight excluding hydrogens is 328 g/mol. The van der Waals surface area contributed by atoms with Crippen LogP contribution in [0.2, 0.25) is 0 Å². The number of amides is 2. The van der Waals surface area contributed by atoms with Crippen molar-refractivity contribution >= 4 is 11.8 Å². The van der Waals surface area contributed by atoms with Gasteiger partial charge in [0.15, 0.2) is 0 Å². The molecule has 2 aliphatic rings. The van der Waals surface area contributed by atoms with Crippen LogP contribution in [-0.4, -0.2) is 57.0 Å². The van der Waals surface area contributed by atoms with Gasteiger partial charge in [0.2, 0.25) is 5.91 Å². The lowest BCUT2D eigenvalue weighted by Crippen LogP contribution is -2.47. The van der Waals surface area contributed by atoms with E-state index >= 15 is 0 Å². The average Bonchev–Trinajstić information content (AvgIpc) is 3.10. The first-order valence-electron chi connectivity index (χ1n) is 10.0. The molecule has 2 atom stereocenters. The Kier molecular flexibility index (Phi) is 5.68. The fourth-order valence-electron chi connectivity index (χ4n) is 4.49. The fraction of sp³-hybridized carbons (Fsp3) is 0.750. The van der Waals surface area contributed by atoms with E-state index in [1.165, 1.54) is 6.42 Å². The molecule has 1 N–H and O–H groups in total. The number of hydrogen-bond donors (Lipinski definition) is 1. The van der Waals surface area contributed by atoms with Crippen molar-refractivity contribution in [2.24, 2.45) is 5.92 Å². The van der Waals surface area contributed by atoms with E-state index in [1.807, 2.05) is 23.6 Å². The molecule has 2 aliphatic heterocycles. The summed E-state index contributed by atoms with van der Waals surface area (Å²) in [7, 11) is 0. The molecule has 1 aromatic rings. The van der Waals surface area contributed by atoms with Gasteiger partial charge in [0, 0.05) is 37.0 Å². The minimum absolute atomic E-state index is 0.0397. The predicted octanol–water partition coefficient (Wildman–Crippen LogP) is 3.17. The van der Waals surface area contributed by atoms with Crippen LogP contribution in [0.4, 0.5) is 0 Å². The van der Waals surface area contributed by atoms with E-state index in [2.05, 4.69) is 24.0 Å². The van der Waals surface area contributed by atoms with Crippen molar-refractivity contribution in [1.29, 1.82) is 0 Å². The molecule has 0 unspecified atom stereocenters. The standard InChI is InChI=1S/C20H32N4O2/c1-13(2)19(25)23-10-8-16(9-11-23)18-17(12-21-22-18)20(26)24-14(3)6-5-7-15(24)4/h12-16H,5-11H2,1-4H3,(H,21,22)/t14-,15-/m0/s1. The van der Waals surface area contributed by atoms with Crippen LogP contribution < -0.4 is 0 Å². The highest BCUT2D eigenvalue weighted by molar-refractivity contribution is 5.95. The van der Waals surface area contributed by atoms with Gasteiger partial charge in [-0.25, -0.2) is 0 Å². The molecule has 144 valence electrons. The smallest absolute Gasteiger partial charge is 0.257 e. The molecule has 0 spiro atoms. The van der Waals surface area contributed by atoms with E-state index in [4.69, 9.17) is 0 Å². The molecule has 6 nitrogen and oxygen atoms in total. The van der Waals surface area contributed by atoms with Crippen molar-refractivity contribution < 1.29 is 9.59 Å². The zero-order valence-corrected chi connectivity index (χ0v) is 16.5. The number of nitrogens with one attached hydrogen (secondary N) is 1. The van der Waals surface area contributed by atoms with Gasteiger partial charge in [-0.1, -0.05) is 13.8 Å². The molecule has 2 saturated heterocycles. The molecule has 6 heteroatoms. The monoisotopic (exact) mass is 360 g/mol. The number of nitrogens with zero attached hydrogens (tertiary/aromatic N) is 3. The number of hydrogen-bond acceptors (Lipinski definition) is 3. The Morgan fingerprint density at radius 1 is 1.12 bits per heavy atom. The third-order valence-corrected chi connectivity index (χ3v) is 6.04. The minimum Gasteiger partial charge on any atom is -0.342 e. The summed E-state index contributed by atoms with van der Waals surface area (Å²) in [5, 5.41) is 7.28. The summed E-state index contributed by atoms with van der Waals surface area (Å²) in [6, 6.07) is 0.555. The number of aromatic nitrogens is 2. The summed E-state index contributed by atoms with van der Waals surface area (Å²) >= 11 is 0. The lowest BCUT2D eigenvalue weighted by molar-refractivity contribution is -0.135. The fourth-order valence-corrected chi connectivity index (χ4v) is 4.49. The van der Waals surface area contributed by atoms with Crippen molar-refractivity contribution in [3.8, 4) is 0 Å². The molecule has 2 fully saturated rings. The Bertz CT molecular complexity index is 636. The average molecular weight is 361 g/mol. The van der Waals surface area contributed by atoms with E-state index in [-0.39, 0.29) is 35.7 Å². The summed E-state index contributed by atoms with van der Waals surface area (Å²) in [4.78, 5) is 29.4. The first-order valence-corrected chi connectivity index (χ1v) is 10.0. The Balaban J connectivity index is 1.71. The quantitative estimate of drug-likeness (QED) is 0.900. The maximum absolute atomic E-state index is 13.2. The Morgan fingerprint density at radius 3 is 2.31 bits per heavy atom. The van der Waals surface area contributed by atoms with Crippen molar-refractivity contribution in [2.45, 2.75) is 77.8 Å². The zero-order valence-electron chi connectivity index (χ0n) is 16.5. The van der Waals surface area contributed by atoms with Crippen molar-refractivity contribution in [1.82, 2.24) is 20.0 Å². The number of carbonyl (C=O) groups is 2. The highest BCUT2D eigenvalue weighted by Gasteiger charge is 2.34. The van der Waals surface area contributed by atoms with Crippen molar-refractivity contribution in [2.75, 3.05) is 13.1 Å². The first kappa shape index (κ1) is 18.9. The van der Waals surface area contributed by atoms with Crippen LogP contribution in [0.1, 0.15) is 81.8 Å². The summed E-state index contributed by atoms with van der Waals surface area (Å²) in [6.45, 7) is 9.68. The van der Waals surface area contributed by atoms with Crippen LogP contribution in [-0.2, 0) is 4.79 Å². The van der Waals surface area contributed by atoms with Gasteiger partial charge in [-0.2, -0.15) is 5.10 Å². The SMILES string of the molecule is CC(C)C(=O)N1CCC(c2[nH]ncc2C(=O)N2[C@@H](C)CCC[C@@H]2C)CC1. The maximum atomic E-state index is 13.2. The largest absolute Gasteiger partial charge is 0.342 e. The number of piperidine rings is 2. The Labute approximate surface area is 156 Å². The van der Waals surface area contributed by atoms with Crippen molar-refractivity contribution in [3.63, 3.8) is 0 Å². The molecule has 26 heavy (non-hydrogen) atoms. The van der Waals surface area contributed by atoms with Gasteiger partial charge < -0.3 is 9.80 Å². The number of rotatable bonds is 3. The topological polar surface area (TPSA) is 69.3 Å². The molecule has 2 amide bonds. The van der Waals surface area contributed by atoms with Crippen molar-refractivity contribution in [3.05, 3.63) is 17.5 Å². The predicted molar refractivity (Wildman–Crippen MR) is 101 cm³/mol. The molecule has 3 heterocycles. The number of likely N-dealkylation sites (tertiary alicyclic amines) is 2. The van der Waals surface area contributed by atoms with E-state index in [1.54, 1.807) is 6.20 Å². The first-order chi connectivity index (χ1) is 12.4. The second-order valence-corrected chi connectivity index (χ2v) is 8.29. The second-order valence-electron chi connectivity index (χ2n) is 8.29. The van der Waals surface area contributed by atoms with Gasteiger partial charge in [0.1, 0.15) is 0 Å². The lowest BCUT2D eigenvalue weighted by Gasteiger charge is -2.39. The second kappa shape index (κ2) is 7.80. The molecule has 0 aliphatic carbocycles. The molecule has 0 radical (unpaired) electrons. The van der Waals surface area contributed by atoms with Crippen LogP contribution in [0, 0.1) is 5.92 Å². The molecular formula is C20H32N4O2. The lowest BCUT2D eigenvalue weighted by atomic mass is 9.89. The van der Waals surface area contributed by atoms with Crippen LogP contribution in [0.3, 0.4) is 0 Å². The van der Waals surface area contributed by atoms with Crippen LogP contribution in [0.5, 0.6) is 0 Å². The number of H-pyrrole nitrogens is 1. The van der Waals surface area contributed by atoms with E-state index < -0.39 is 0 Å². The third-order valence-electron chi connectivity index (χ3n) is 6.04. The molecule has 3 rings (SSSR count). The third kappa shape index (κ3) is 3.64. The van der Waals surface area contributed by atoms with Gasteiger partial charge in [-0.15, -0.1) is 0 Å². The Hall–Kier alpha value is -1.85. The van der Waals surface area contributed by atoms with Crippen LogP contribution in [0.15, 0.2) is 6.20 Å². The summed E-state index contributed by atoms with van der Waals surface area (Å²) in [6.07, 6.45) is 6.78. The van der Waals surface area contributed by atoms with Gasteiger partial charge >= 0.3 is 0 Å². The number of aromatic amines is 1. The summed E-state index contributed by atoms with van der Waals surface area (Å²) in [5.74, 6) is 0.635. The number of carbonyl (C=O) groups excluding carboxylic acids is 2.